The molecule has 0 spiro atoms. The number of amides is 3. The van der Waals surface area contributed by atoms with Crippen LogP contribution < -0.4 is 10.6 Å². The molecule has 2 aliphatic carbocycles. The molecule has 2 aliphatic rings. The molecule has 0 unspecified atom stereocenters. The van der Waals surface area contributed by atoms with Gasteiger partial charge in [-0.1, -0.05) is 31.9 Å². The van der Waals surface area contributed by atoms with Gasteiger partial charge in [-0.2, -0.15) is 0 Å². The van der Waals surface area contributed by atoms with Gasteiger partial charge in [0.2, 0.25) is 0 Å². The average molecular weight is 415 g/mol. The zero-order chi connectivity index (χ0) is 21.5. The number of hydrogen-bond acceptors (Lipinski definition) is 5. The lowest BCUT2D eigenvalue weighted by atomic mass is 9.86. The van der Waals surface area contributed by atoms with E-state index in [0.29, 0.717) is 11.5 Å². The third-order valence-electron chi connectivity index (χ3n) is 6.02. The third kappa shape index (κ3) is 6.15. The van der Waals surface area contributed by atoms with Crippen LogP contribution in [0.3, 0.4) is 0 Å². The standard InChI is InChI=1S/C23H30N2O5/c1-15-5-2-3-8-19(15)24-23(29)25-21(27)14-30-22(28)12-11-20(26)18-10-9-16-6-4-7-17(16)13-18/h9-10,13,15,19H,2-8,11-12,14H2,1H3,(H2,24,25,27,29)/t15-,19-/m0/s1. The highest BCUT2D eigenvalue weighted by molar-refractivity contribution is 5.98. The van der Waals surface area contributed by atoms with Crippen LogP contribution in [0, 0.1) is 5.92 Å². The Bertz CT molecular complexity index is 820. The molecule has 0 bridgehead atoms. The summed E-state index contributed by atoms with van der Waals surface area (Å²) in [4.78, 5) is 47.9. The lowest BCUT2D eigenvalue weighted by Crippen LogP contribution is -2.48. The fourth-order valence-electron chi connectivity index (χ4n) is 4.22. The van der Waals surface area contributed by atoms with Crippen molar-refractivity contribution in [2.45, 2.75) is 70.8 Å². The van der Waals surface area contributed by atoms with Crippen molar-refractivity contribution < 1.29 is 23.9 Å². The Labute approximate surface area is 176 Å². The van der Waals surface area contributed by atoms with E-state index in [9.17, 15) is 19.2 Å². The van der Waals surface area contributed by atoms with Crippen LogP contribution >= 0.6 is 0 Å². The Kier molecular flexibility index (Phi) is 7.60. The summed E-state index contributed by atoms with van der Waals surface area (Å²) in [5.74, 6) is -1.07. The first-order valence-electron chi connectivity index (χ1n) is 10.8. The summed E-state index contributed by atoms with van der Waals surface area (Å²) < 4.78 is 4.89. The summed E-state index contributed by atoms with van der Waals surface area (Å²) in [5, 5.41) is 4.99. The fourth-order valence-corrected chi connectivity index (χ4v) is 4.22. The molecule has 0 aromatic heterocycles. The number of benzene rings is 1. The van der Waals surface area contributed by atoms with Gasteiger partial charge in [-0.15, -0.1) is 0 Å². The van der Waals surface area contributed by atoms with Gasteiger partial charge in [0, 0.05) is 18.0 Å². The van der Waals surface area contributed by atoms with Gasteiger partial charge in [0.1, 0.15) is 0 Å². The van der Waals surface area contributed by atoms with Crippen molar-refractivity contribution in [3.63, 3.8) is 0 Å². The van der Waals surface area contributed by atoms with Gasteiger partial charge < -0.3 is 10.1 Å². The third-order valence-corrected chi connectivity index (χ3v) is 6.02. The summed E-state index contributed by atoms with van der Waals surface area (Å²) in [6.07, 6.45) is 7.25. The van der Waals surface area contributed by atoms with Crippen molar-refractivity contribution in [1.82, 2.24) is 10.6 Å². The van der Waals surface area contributed by atoms with E-state index in [1.54, 1.807) is 6.07 Å². The van der Waals surface area contributed by atoms with Gasteiger partial charge in [-0.3, -0.25) is 19.7 Å². The highest BCUT2D eigenvalue weighted by Crippen LogP contribution is 2.24. The predicted octanol–water partition coefficient (Wildman–Crippen LogP) is 3.09. The van der Waals surface area contributed by atoms with Crippen LogP contribution in [0.25, 0.3) is 0 Å². The zero-order valence-corrected chi connectivity index (χ0v) is 17.5. The van der Waals surface area contributed by atoms with Crippen molar-refractivity contribution >= 4 is 23.7 Å². The lowest BCUT2D eigenvalue weighted by molar-refractivity contribution is -0.148. The van der Waals surface area contributed by atoms with Crippen LogP contribution in [-0.4, -0.2) is 36.3 Å². The summed E-state index contributed by atoms with van der Waals surface area (Å²) >= 11 is 0. The number of fused-ring (bicyclic) bond motifs is 1. The van der Waals surface area contributed by atoms with Gasteiger partial charge in [-0.25, -0.2) is 4.79 Å². The molecule has 1 saturated carbocycles. The molecule has 7 heteroatoms. The molecule has 1 aromatic rings. The van der Waals surface area contributed by atoms with E-state index in [4.69, 9.17) is 4.74 Å². The number of aryl methyl sites for hydroxylation is 2. The Morgan fingerprint density at radius 2 is 1.77 bits per heavy atom. The van der Waals surface area contributed by atoms with E-state index < -0.39 is 24.5 Å². The summed E-state index contributed by atoms with van der Waals surface area (Å²) in [7, 11) is 0. The molecule has 0 saturated heterocycles. The smallest absolute Gasteiger partial charge is 0.321 e. The number of carbonyl (C=O) groups excluding carboxylic acids is 4. The Hall–Kier alpha value is -2.70. The van der Waals surface area contributed by atoms with Gasteiger partial charge in [0.15, 0.2) is 12.4 Å². The van der Waals surface area contributed by atoms with Gasteiger partial charge in [0.05, 0.1) is 6.42 Å². The molecule has 0 radical (unpaired) electrons. The second-order valence-corrected chi connectivity index (χ2v) is 8.31. The summed E-state index contributed by atoms with van der Waals surface area (Å²) in [6.45, 7) is 1.54. The fraction of sp³-hybridized carbons (Fsp3) is 0.565. The summed E-state index contributed by atoms with van der Waals surface area (Å²) in [6, 6.07) is 5.18. The maximum Gasteiger partial charge on any atom is 0.321 e. The Morgan fingerprint density at radius 3 is 2.57 bits per heavy atom. The number of carbonyl (C=O) groups is 4. The van der Waals surface area contributed by atoms with E-state index in [1.807, 2.05) is 12.1 Å². The minimum atomic E-state index is -0.686. The molecule has 0 aliphatic heterocycles. The van der Waals surface area contributed by atoms with Crippen LogP contribution in [0.4, 0.5) is 4.79 Å². The predicted molar refractivity (Wildman–Crippen MR) is 111 cm³/mol. The van der Waals surface area contributed by atoms with Crippen LogP contribution in [-0.2, 0) is 27.2 Å². The van der Waals surface area contributed by atoms with Crippen molar-refractivity contribution in [3.8, 4) is 0 Å². The zero-order valence-electron chi connectivity index (χ0n) is 17.5. The monoisotopic (exact) mass is 414 g/mol. The molecular formula is C23H30N2O5. The number of Topliss-reactive ketones (excluding diaryl/α,β-unsaturated/α-hetero) is 1. The van der Waals surface area contributed by atoms with Crippen LogP contribution in [0.2, 0.25) is 0 Å². The van der Waals surface area contributed by atoms with Gasteiger partial charge >= 0.3 is 12.0 Å². The molecule has 3 amide bonds. The first-order chi connectivity index (χ1) is 14.4. The molecule has 1 fully saturated rings. The van der Waals surface area contributed by atoms with Gasteiger partial charge in [-0.05, 0) is 55.2 Å². The molecule has 30 heavy (non-hydrogen) atoms. The average Bonchev–Trinajstić information content (AvgIpc) is 3.20. The normalized spacial score (nSPS) is 20.2. The number of hydrogen-bond donors (Lipinski definition) is 2. The van der Waals surface area contributed by atoms with E-state index in [2.05, 4.69) is 17.6 Å². The van der Waals surface area contributed by atoms with Crippen molar-refractivity contribution in [1.29, 1.82) is 0 Å². The summed E-state index contributed by atoms with van der Waals surface area (Å²) in [5.41, 5.74) is 3.11. The van der Waals surface area contributed by atoms with Crippen molar-refractivity contribution in [3.05, 3.63) is 34.9 Å². The first kappa shape index (κ1) is 22.0. The van der Waals surface area contributed by atoms with E-state index >= 15 is 0 Å². The molecule has 2 N–H and O–H groups in total. The highest BCUT2D eigenvalue weighted by Gasteiger charge is 2.23. The molecule has 0 heterocycles. The molecule has 3 rings (SSSR count). The second kappa shape index (κ2) is 10.4. The van der Waals surface area contributed by atoms with Crippen molar-refractivity contribution in [2.24, 2.45) is 5.92 Å². The molecule has 162 valence electrons. The molecule has 7 nitrogen and oxygen atoms in total. The molecule has 2 atom stereocenters. The number of ketones is 1. The van der Waals surface area contributed by atoms with E-state index in [-0.39, 0.29) is 24.7 Å². The number of ether oxygens (including phenoxy) is 1. The maximum atomic E-state index is 12.3. The van der Waals surface area contributed by atoms with Gasteiger partial charge in [0.25, 0.3) is 5.91 Å². The maximum absolute atomic E-state index is 12.3. The quantitative estimate of drug-likeness (QED) is 0.527. The minimum Gasteiger partial charge on any atom is -0.456 e. The van der Waals surface area contributed by atoms with Crippen LogP contribution in [0.15, 0.2) is 18.2 Å². The van der Waals surface area contributed by atoms with Crippen LogP contribution in [0.1, 0.15) is 73.4 Å². The Balaban J connectivity index is 1.34. The van der Waals surface area contributed by atoms with Crippen LogP contribution in [0.5, 0.6) is 0 Å². The second-order valence-electron chi connectivity index (χ2n) is 8.31. The topological polar surface area (TPSA) is 102 Å². The number of esters is 1. The largest absolute Gasteiger partial charge is 0.456 e. The van der Waals surface area contributed by atoms with E-state index in [0.717, 1.165) is 44.9 Å². The molecule has 1 aromatic carbocycles. The number of imide groups is 1. The molecular weight excluding hydrogens is 384 g/mol. The first-order valence-corrected chi connectivity index (χ1v) is 10.8. The SMILES string of the molecule is C[C@H]1CCCC[C@@H]1NC(=O)NC(=O)COC(=O)CCC(=O)c1ccc2c(c1)CCC2. The number of urea groups is 1. The number of rotatable bonds is 7. The van der Waals surface area contributed by atoms with E-state index in [1.165, 1.54) is 11.1 Å². The van der Waals surface area contributed by atoms with Crippen molar-refractivity contribution in [2.75, 3.05) is 6.61 Å². The minimum absolute atomic E-state index is 0.0271. The number of nitrogens with one attached hydrogen (secondary N) is 2. The lowest BCUT2D eigenvalue weighted by Gasteiger charge is -2.29. The Morgan fingerprint density at radius 1 is 1.00 bits per heavy atom. The highest BCUT2D eigenvalue weighted by atomic mass is 16.5.